The van der Waals surface area contributed by atoms with Crippen LogP contribution in [0.25, 0.3) is 103 Å². The van der Waals surface area contributed by atoms with Crippen molar-refractivity contribution < 1.29 is 0 Å². The van der Waals surface area contributed by atoms with Crippen molar-refractivity contribution in [1.29, 1.82) is 0 Å². The van der Waals surface area contributed by atoms with Gasteiger partial charge >= 0.3 is 0 Å². The highest BCUT2D eigenvalue weighted by atomic mass is 32.1. The first-order valence-electron chi connectivity index (χ1n) is 17.6. The SMILES string of the molecule is c1ccc(-n2c3ccccc3c3c2ccc2c4ccc5c(c6ccccc6n5-c5ccc6sc7cccnc7c6c5)c4n(-c4ccccc4)c23)cc1. The van der Waals surface area contributed by atoms with E-state index in [4.69, 9.17) is 4.98 Å². The van der Waals surface area contributed by atoms with Crippen LogP contribution in [0, 0.1) is 0 Å². The molecule has 0 aliphatic carbocycles. The number of hydrogen-bond acceptors (Lipinski definition) is 2. The molecule has 0 radical (unpaired) electrons. The van der Waals surface area contributed by atoms with Gasteiger partial charge in [-0.15, -0.1) is 11.3 Å². The van der Waals surface area contributed by atoms with Crippen molar-refractivity contribution in [3.63, 3.8) is 0 Å². The van der Waals surface area contributed by atoms with Crippen LogP contribution >= 0.6 is 11.3 Å². The van der Waals surface area contributed by atoms with Crippen molar-refractivity contribution in [2.45, 2.75) is 0 Å². The third-order valence-corrected chi connectivity index (χ3v) is 12.0. The summed E-state index contributed by atoms with van der Waals surface area (Å²) in [5, 5.41) is 8.68. The Bertz CT molecular complexity index is 3400. The molecule has 4 nitrogen and oxygen atoms in total. The first-order valence-corrected chi connectivity index (χ1v) is 18.5. The maximum atomic E-state index is 4.79. The molecular formula is C47H28N4S. The number of thiophene rings is 1. The Balaban J connectivity index is 1.28. The van der Waals surface area contributed by atoms with Gasteiger partial charge in [-0.05, 0) is 78.9 Å². The Hall–Kier alpha value is -6.69. The van der Waals surface area contributed by atoms with Gasteiger partial charge in [0, 0.05) is 65.7 Å². The second-order valence-electron chi connectivity index (χ2n) is 13.6. The van der Waals surface area contributed by atoms with Gasteiger partial charge in [0.05, 0.1) is 43.3 Å². The average molecular weight is 681 g/mol. The molecule has 7 aromatic carbocycles. The quantitative estimate of drug-likeness (QED) is 0.182. The minimum atomic E-state index is 1.07. The summed E-state index contributed by atoms with van der Waals surface area (Å²) in [6.45, 7) is 0. The Morgan fingerprint density at radius 3 is 1.56 bits per heavy atom. The molecule has 0 aliphatic rings. The molecule has 52 heavy (non-hydrogen) atoms. The Kier molecular flexibility index (Phi) is 5.62. The molecule has 0 saturated carbocycles. The van der Waals surface area contributed by atoms with Gasteiger partial charge in [0.25, 0.3) is 0 Å². The second kappa shape index (κ2) is 10.4. The summed E-state index contributed by atoms with van der Waals surface area (Å²) in [6, 6.07) is 59.7. The van der Waals surface area contributed by atoms with Gasteiger partial charge in [0.1, 0.15) is 0 Å². The predicted octanol–water partition coefficient (Wildman–Crippen LogP) is 12.7. The number of aromatic nitrogens is 4. The van der Waals surface area contributed by atoms with Gasteiger partial charge in [0.2, 0.25) is 0 Å². The number of pyridine rings is 1. The zero-order chi connectivity index (χ0) is 33.9. The van der Waals surface area contributed by atoms with E-state index < -0.39 is 0 Å². The Morgan fingerprint density at radius 1 is 0.365 bits per heavy atom. The van der Waals surface area contributed by atoms with Crippen LogP contribution in [0.5, 0.6) is 0 Å². The van der Waals surface area contributed by atoms with E-state index in [1.54, 1.807) is 11.3 Å². The van der Waals surface area contributed by atoms with E-state index in [2.05, 4.69) is 171 Å². The molecule has 12 rings (SSSR count). The highest BCUT2D eigenvalue weighted by molar-refractivity contribution is 7.25. The van der Waals surface area contributed by atoms with Crippen molar-refractivity contribution in [3.8, 4) is 17.1 Å². The highest BCUT2D eigenvalue weighted by Gasteiger charge is 2.24. The van der Waals surface area contributed by atoms with E-state index >= 15 is 0 Å². The summed E-state index contributed by atoms with van der Waals surface area (Å²) in [5.74, 6) is 0. The van der Waals surface area contributed by atoms with E-state index in [-0.39, 0.29) is 0 Å². The summed E-state index contributed by atoms with van der Waals surface area (Å²) in [7, 11) is 0. The minimum Gasteiger partial charge on any atom is -0.309 e. The van der Waals surface area contributed by atoms with Gasteiger partial charge in [-0.2, -0.15) is 0 Å². The predicted molar refractivity (Wildman–Crippen MR) is 220 cm³/mol. The molecule has 12 aromatic rings. The van der Waals surface area contributed by atoms with Gasteiger partial charge < -0.3 is 13.7 Å². The minimum absolute atomic E-state index is 1.07. The van der Waals surface area contributed by atoms with Crippen LogP contribution in [0.3, 0.4) is 0 Å². The van der Waals surface area contributed by atoms with Crippen molar-refractivity contribution in [2.75, 3.05) is 0 Å². The summed E-state index contributed by atoms with van der Waals surface area (Å²) in [4.78, 5) is 4.79. The fourth-order valence-corrected chi connectivity index (χ4v) is 9.83. The molecule has 0 aliphatic heterocycles. The molecule has 242 valence electrons. The standard InChI is InChI=1S/C47H28N4S/c1-3-12-29(13-4-1)49-37-18-9-7-16-34(37)43-39(49)24-22-32-33-23-25-40-44(47(33)51(46(32)43)30-14-5-2-6-15-30)35-17-8-10-19-38(35)50(40)31-21-26-41-36(28-31)45-42(52-41)20-11-27-48-45/h1-28H. The number of hydrogen-bond donors (Lipinski definition) is 0. The average Bonchev–Trinajstić information content (AvgIpc) is 3.94. The fraction of sp³-hybridized carbons (Fsp3) is 0. The summed E-state index contributed by atoms with van der Waals surface area (Å²) in [6.07, 6.45) is 1.90. The smallest absolute Gasteiger partial charge is 0.0889 e. The van der Waals surface area contributed by atoms with E-state index in [0.29, 0.717) is 0 Å². The molecule has 0 unspecified atom stereocenters. The van der Waals surface area contributed by atoms with E-state index in [0.717, 1.165) is 22.6 Å². The van der Waals surface area contributed by atoms with Gasteiger partial charge in [-0.1, -0.05) is 84.9 Å². The number of nitrogens with zero attached hydrogens (tertiary/aromatic N) is 4. The Morgan fingerprint density at radius 2 is 0.923 bits per heavy atom. The molecule has 0 atom stereocenters. The van der Waals surface area contributed by atoms with Crippen LogP contribution in [-0.4, -0.2) is 18.7 Å². The lowest BCUT2D eigenvalue weighted by Crippen LogP contribution is -1.96. The normalized spacial score (nSPS) is 12.2. The topological polar surface area (TPSA) is 27.7 Å². The molecule has 0 N–H and O–H groups in total. The largest absolute Gasteiger partial charge is 0.309 e. The zero-order valence-corrected chi connectivity index (χ0v) is 28.7. The molecule has 5 aromatic heterocycles. The lowest BCUT2D eigenvalue weighted by atomic mass is 10.1. The third-order valence-electron chi connectivity index (χ3n) is 10.9. The lowest BCUT2D eigenvalue weighted by molar-refractivity contribution is 1.17. The molecule has 5 heteroatoms. The maximum absolute atomic E-state index is 4.79. The number of fused-ring (bicyclic) bond motifs is 14. The van der Waals surface area contributed by atoms with Gasteiger partial charge in [0.15, 0.2) is 0 Å². The molecule has 0 spiro atoms. The third kappa shape index (κ3) is 3.67. The highest BCUT2D eigenvalue weighted by Crippen LogP contribution is 2.46. The first kappa shape index (κ1) is 28.1. The van der Waals surface area contributed by atoms with Crippen LogP contribution in [0.15, 0.2) is 170 Å². The Labute approximate surface area is 301 Å². The molecular weight excluding hydrogens is 653 g/mol. The van der Waals surface area contributed by atoms with Crippen LogP contribution in [-0.2, 0) is 0 Å². The summed E-state index contributed by atoms with van der Waals surface area (Å²) < 4.78 is 9.86. The molecule has 0 saturated heterocycles. The van der Waals surface area contributed by atoms with Crippen LogP contribution < -0.4 is 0 Å². The molecule has 5 heterocycles. The van der Waals surface area contributed by atoms with Crippen molar-refractivity contribution in [1.82, 2.24) is 18.7 Å². The monoisotopic (exact) mass is 680 g/mol. The van der Waals surface area contributed by atoms with Crippen molar-refractivity contribution in [3.05, 3.63) is 170 Å². The van der Waals surface area contributed by atoms with Crippen molar-refractivity contribution >= 4 is 97.1 Å². The van der Waals surface area contributed by atoms with Gasteiger partial charge in [-0.3, -0.25) is 4.98 Å². The van der Waals surface area contributed by atoms with Crippen LogP contribution in [0.2, 0.25) is 0 Å². The summed E-state index contributed by atoms with van der Waals surface area (Å²) in [5.41, 5.74) is 11.7. The van der Waals surface area contributed by atoms with E-state index in [1.807, 2.05) is 12.3 Å². The molecule has 0 bridgehead atoms. The van der Waals surface area contributed by atoms with E-state index in [1.165, 1.54) is 80.2 Å². The van der Waals surface area contributed by atoms with Crippen LogP contribution in [0.1, 0.15) is 0 Å². The fourth-order valence-electron chi connectivity index (χ4n) is 8.79. The first-order chi connectivity index (χ1) is 25.8. The number of rotatable bonds is 3. The zero-order valence-electron chi connectivity index (χ0n) is 27.9. The van der Waals surface area contributed by atoms with Crippen LogP contribution in [0.4, 0.5) is 0 Å². The molecule has 0 fully saturated rings. The van der Waals surface area contributed by atoms with Gasteiger partial charge in [-0.25, -0.2) is 0 Å². The molecule has 0 amide bonds. The summed E-state index contributed by atoms with van der Waals surface area (Å²) >= 11 is 1.80. The second-order valence-corrected chi connectivity index (χ2v) is 14.6. The number of benzene rings is 7. The van der Waals surface area contributed by atoms with Crippen molar-refractivity contribution in [2.24, 2.45) is 0 Å². The van der Waals surface area contributed by atoms with E-state index in [9.17, 15) is 0 Å². The lowest BCUT2D eigenvalue weighted by Gasteiger charge is -2.11. The maximum Gasteiger partial charge on any atom is 0.0889 e. The number of para-hydroxylation sites is 4.